The first-order chi connectivity index (χ1) is 18.4. The Hall–Kier alpha value is -3.90. The molecule has 0 aliphatic heterocycles. The van der Waals surface area contributed by atoms with Gasteiger partial charge in [-0.1, -0.05) is 67.6 Å². The van der Waals surface area contributed by atoms with Crippen LogP contribution in [-0.4, -0.2) is 28.4 Å². The van der Waals surface area contributed by atoms with Crippen molar-refractivity contribution in [2.45, 2.75) is 64.1 Å². The summed E-state index contributed by atoms with van der Waals surface area (Å²) >= 11 is 0. The lowest BCUT2D eigenvalue weighted by atomic mass is 9.92. The first-order valence-corrected chi connectivity index (χ1v) is 13.6. The minimum atomic E-state index is -0.0594. The van der Waals surface area contributed by atoms with Crippen molar-refractivity contribution in [1.29, 1.82) is 5.41 Å². The number of amides is 1. The van der Waals surface area contributed by atoms with Gasteiger partial charge in [0, 0.05) is 35.1 Å². The fourth-order valence-corrected chi connectivity index (χ4v) is 5.45. The molecule has 38 heavy (non-hydrogen) atoms. The minimum Gasteiger partial charge on any atom is -0.384 e. The minimum absolute atomic E-state index is 0.0194. The highest BCUT2D eigenvalue weighted by Crippen LogP contribution is 2.25. The van der Waals surface area contributed by atoms with Gasteiger partial charge in [0.15, 0.2) is 0 Å². The third-order valence-corrected chi connectivity index (χ3v) is 7.80. The number of carbonyl (C=O) groups excluding carboxylic acids is 1. The van der Waals surface area contributed by atoms with Crippen LogP contribution in [0, 0.1) is 5.41 Å². The Bertz CT molecular complexity index is 1440. The summed E-state index contributed by atoms with van der Waals surface area (Å²) in [6.07, 6.45) is 5.50. The number of aromatic nitrogens is 1. The fourth-order valence-electron chi connectivity index (χ4n) is 5.45. The second kappa shape index (κ2) is 11.2. The lowest BCUT2D eigenvalue weighted by Gasteiger charge is -2.27. The number of nitrogen functional groups attached to an aromatic ring is 1. The molecular formula is C32H37N5O. The number of hydrogen-bond acceptors (Lipinski definition) is 3. The van der Waals surface area contributed by atoms with E-state index in [1.165, 1.54) is 22.3 Å². The Balaban J connectivity index is 1.42. The molecule has 5 rings (SSSR count). The van der Waals surface area contributed by atoms with Crippen molar-refractivity contribution in [3.05, 3.63) is 95.2 Å². The van der Waals surface area contributed by atoms with Crippen LogP contribution in [0.3, 0.4) is 0 Å². The van der Waals surface area contributed by atoms with Gasteiger partial charge >= 0.3 is 0 Å². The molecule has 0 bridgehead atoms. The summed E-state index contributed by atoms with van der Waals surface area (Å²) in [5, 5.41) is 12.1. The Morgan fingerprint density at radius 1 is 0.947 bits per heavy atom. The number of nitrogens with one attached hydrogen (secondary N) is 2. The van der Waals surface area contributed by atoms with Crippen molar-refractivity contribution in [2.24, 2.45) is 11.5 Å². The highest BCUT2D eigenvalue weighted by Gasteiger charge is 2.23. The molecule has 1 aromatic heterocycles. The predicted molar refractivity (Wildman–Crippen MR) is 156 cm³/mol. The average molecular weight is 508 g/mol. The van der Waals surface area contributed by atoms with Gasteiger partial charge in [-0.2, -0.15) is 0 Å². The Kier molecular flexibility index (Phi) is 7.61. The molecule has 0 saturated heterocycles. The number of rotatable bonds is 8. The van der Waals surface area contributed by atoms with Gasteiger partial charge in [-0.15, -0.1) is 0 Å². The summed E-state index contributed by atoms with van der Waals surface area (Å²) in [4.78, 5) is 13.5. The fraction of sp³-hybridized carbons (Fsp3) is 0.312. The monoisotopic (exact) mass is 507 g/mol. The van der Waals surface area contributed by atoms with E-state index in [-0.39, 0.29) is 23.8 Å². The van der Waals surface area contributed by atoms with Crippen molar-refractivity contribution in [2.75, 3.05) is 0 Å². The van der Waals surface area contributed by atoms with Crippen LogP contribution < -0.4 is 16.8 Å². The molecule has 196 valence electrons. The Labute approximate surface area is 224 Å². The van der Waals surface area contributed by atoms with Crippen LogP contribution in [0.5, 0.6) is 0 Å². The van der Waals surface area contributed by atoms with E-state index >= 15 is 0 Å². The van der Waals surface area contributed by atoms with Crippen LogP contribution in [0.25, 0.3) is 22.0 Å². The van der Waals surface area contributed by atoms with Crippen LogP contribution in [0.1, 0.15) is 59.8 Å². The Morgan fingerprint density at radius 2 is 1.71 bits per heavy atom. The van der Waals surface area contributed by atoms with Crippen molar-refractivity contribution in [1.82, 2.24) is 9.88 Å². The summed E-state index contributed by atoms with van der Waals surface area (Å²) in [5.74, 6) is -0.0400. The van der Waals surface area contributed by atoms with Gasteiger partial charge in [0.25, 0.3) is 5.91 Å². The average Bonchev–Trinajstić information content (AvgIpc) is 3.31. The zero-order chi connectivity index (χ0) is 26.6. The molecule has 1 fully saturated rings. The number of amidine groups is 1. The van der Waals surface area contributed by atoms with Gasteiger partial charge in [0.05, 0.1) is 0 Å². The van der Waals surface area contributed by atoms with Gasteiger partial charge in [0.1, 0.15) is 11.5 Å². The third kappa shape index (κ3) is 5.65. The first kappa shape index (κ1) is 25.7. The van der Waals surface area contributed by atoms with Gasteiger partial charge in [-0.05, 0) is 72.9 Å². The molecule has 4 aromatic rings. The predicted octanol–water partition coefficient (Wildman–Crippen LogP) is 5.40. The molecule has 1 amide bonds. The lowest BCUT2D eigenvalue weighted by Crippen LogP contribution is -2.41. The van der Waals surface area contributed by atoms with Gasteiger partial charge in [-0.25, -0.2) is 0 Å². The summed E-state index contributed by atoms with van der Waals surface area (Å²) in [6, 6.07) is 25.4. The molecule has 6 heteroatoms. The summed E-state index contributed by atoms with van der Waals surface area (Å²) < 4.78 is 2.08. The standard InChI is InChI=1S/C32H37N5O/c1-2-21-6-8-23(9-7-21)24-5-3-4-22(18-24)16-17-37-29-20-26(31(34)35)11-10-25(29)19-30(37)32(38)36-28-14-12-27(33)13-15-28/h3-11,18-20,27-28H,2,12-17,33H2,1H3,(H3,34,35)(H,36,38)/t27-,28-. The third-order valence-electron chi connectivity index (χ3n) is 7.80. The van der Waals surface area contributed by atoms with E-state index in [4.69, 9.17) is 16.9 Å². The molecular weight excluding hydrogens is 470 g/mol. The number of fused-ring (bicyclic) bond motifs is 1. The smallest absolute Gasteiger partial charge is 0.268 e. The Morgan fingerprint density at radius 3 is 2.42 bits per heavy atom. The quantitative estimate of drug-likeness (QED) is 0.189. The van der Waals surface area contributed by atoms with Crippen LogP contribution in [0.4, 0.5) is 0 Å². The molecule has 6 nitrogen and oxygen atoms in total. The molecule has 0 spiro atoms. The molecule has 0 radical (unpaired) electrons. The topological polar surface area (TPSA) is 110 Å². The molecule has 1 aliphatic rings. The van der Waals surface area contributed by atoms with Crippen LogP contribution in [0.15, 0.2) is 72.8 Å². The maximum absolute atomic E-state index is 13.5. The zero-order valence-corrected chi connectivity index (χ0v) is 22.0. The largest absolute Gasteiger partial charge is 0.384 e. The highest BCUT2D eigenvalue weighted by atomic mass is 16.2. The van der Waals surface area contributed by atoms with E-state index in [2.05, 4.69) is 65.3 Å². The molecule has 0 atom stereocenters. The number of nitrogens with two attached hydrogens (primary N) is 2. The van der Waals surface area contributed by atoms with Crippen LogP contribution in [-0.2, 0) is 19.4 Å². The second-order valence-corrected chi connectivity index (χ2v) is 10.5. The van der Waals surface area contributed by atoms with Gasteiger partial charge in [-0.3, -0.25) is 10.2 Å². The zero-order valence-electron chi connectivity index (χ0n) is 22.0. The van der Waals surface area contributed by atoms with E-state index in [1.54, 1.807) is 0 Å². The molecule has 1 heterocycles. The number of benzene rings is 3. The van der Waals surface area contributed by atoms with E-state index in [0.29, 0.717) is 17.8 Å². The number of hydrogen-bond donors (Lipinski definition) is 4. The van der Waals surface area contributed by atoms with Gasteiger partial charge in [0.2, 0.25) is 0 Å². The van der Waals surface area contributed by atoms with E-state index in [0.717, 1.165) is 49.4 Å². The van der Waals surface area contributed by atoms with Gasteiger partial charge < -0.3 is 21.4 Å². The van der Waals surface area contributed by atoms with E-state index in [9.17, 15) is 4.79 Å². The normalized spacial score (nSPS) is 17.4. The lowest BCUT2D eigenvalue weighted by molar-refractivity contribution is 0.0917. The van der Waals surface area contributed by atoms with E-state index in [1.807, 2.05) is 24.3 Å². The highest BCUT2D eigenvalue weighted by molar-refractivity contribution is 6.02. The molecule has 3 aromatic carbocycles. The number of nitrogens with zero attached hydrogens (tertiary/aromatic N) is 1. The van der Waals surface area contributed by atoms with Crippen molar-refractivity contribution >= 4 is 22.6 Å². The van der Waals surface area contributed by atoms with E-state index < -0.39 is 0 Å². The SMILES string of the molecule is CCc1ccc(-c2cccc(CCn3c(C(=O)N[C@H]4CC[C@H](N)CC4)cc4ccc(C(=N)N)cc43)c2)cc1. The maximum Gasteiger partial charge on any atom is 0.268 e. The molecule has 1 aliphatic carbocycles. The first-order valence-electron chi connectivity index (χ1n) is 13.6. The van der Waals surface area contributed by atoms with Crippen molar-refractivity contribution in [3.8, 4) is 11.1 Å². The maximum atomic E-state index is 13.5. The summed E-state index contributed by atoms with van der Waals surface area (Å²) in [6.45, 7) is 2.81. The number of aryl methyl sites for hydroxylation is 3. The summed E-state index contributed by atoms with van der Waals surface area (Å²) in [7, 11) is 0. The van der Waals surface area contributed by atoms with Crippen LogP contribution >= 0.6 is 0 Å². The molecule has 6 N–H and O–H groups in total. The number of carbonyl (C=O) groups is 1. The van der Waals surface area contributed by atoms with Crippen LogP contribution in [0.2, 0.25) is 0 Å². The van der Waals surface area contributed by atoms with Crippen molar-refractivity contribution in [3.63, 3.8) is 0 Å². The molecule has 0 unspecified atom stereocenters. The summed E-state index contributed by atoms with van der Waals surface area (Å²) in [5.41, 5.74) is 19.0. The molecule has 1 saturated carbocycles. The second-order valence-electron chi connectivity index (χ2n) is 10.5. The van der Waals surface area contributed by atoms with Crippen molar-refractivity contribution < 1.29 is 4.79 Å².